The van der Waals surface area contributed by atoms with E-state index in [1.54, 1.807) is 10.9 Å². The Morgan fingerprint density at radius 3 is 2.92 bits per heavy atom. The van der Waals surface area contributed by atoms with E-state index in [1.807, 2.05) is 19.1 Å². The SMILES string of the molecule is CCOC=Nc1nn(CCc2cccc3ccccc23)cc1C#N. The second kappa shape index (κ2) is 7.42. The van der Waals surface area contributed by atoms with Crippen LogP contribution in [-0.4, -0.2) is 22.8 Å². The van der Waals surface area contributed by atoms with Crippen LogP contribution in [0.2, 0.25) is 0 Å². The summed E-state index contributed by atoms with van der Waals surface area (Å²) in [4.78, 5) is 4.09. The number of rotatable bonds is 6. The molecule has 2 aromatic carbocycles. The van der Waals surface area contributed by atoms with Crippen molar-refractivity contribution < 1.29 is 4.74 Å². The first-order valence-corrected chi connectivity index (χ1v) is 7.90. The van der Waals surface area contributed by atoms with Gasteiger partial charge < -0.3 is 4.74 Å². The lowest BCUT2D eigenvalue weighted by Crippen LogP contribution is -2.02. The van der Waals surface area contributed by atoms with Gasteiger partial charge in [-0.15, -0.1) is 0 Å². The molecule has 3 aromatic rings. The molecule has 0 aliphatic heterocycles. The Kier molecular flexibility index (Phi) is 4.87. The lowest BCUT2D eigenvalue weighted by Gasteiger charge is -2.06. The molecule has 1 heterocycles. The number of hydrogen-bond donors (Lipinski definition) is 0. The number of aryl methyl sites for hydroxylation is 2. The van der Waals surface area contributed by atoms with Crippen molar-refractivity contribution >= 4 is 23.0 Å². The van der Waals surface area contributed by atoms with E-state index < -0.39 is 0 Å². The van der Waals surface area contributed by atoms with Gasteiger partial charge in [0, 0.05) is 12.7 Å². The monoisotopic (exact) mass is 318 g/mol. The van der Waals surface area contributed by atoms with E-state index in [1.165, 1.54) is 22.7 Å². The molecule has 0 unspecified atom stereocenters. The zero-order chi connectivity index (χ0) is 16.8. The van der Waals surface area contributed by atoms with Crippen molar-refractivity contribution in [3.8, 4) is 6.07 Å². The van der Waals surface area contributed by atoms with Crippen LogP contribution in [-0.2, 0) is 17.7 Å². The molecule has 120 valence electrons. The maximum Gasteiger partial charge on any atom is 0.194 e. The van der Waals surface area contributed by atoms with Crippen LogP contribution < -0.4 is 0 Å². The van der Waals surface area contributed by atoms with Gasteiger partial charge in [-0.25, -0.2) is 0 Å². The van der Waals surface area contributed by atoms with E-state index in [-0.39, 0.29) is 0 Å². The molecular weight excluding hydrogens is 300 g/mol. The van der Waals surface area contributed by atoms with Crippen molar-refractivity contribution in [3.05, 3.63) is 59.8 Å². The molecular formula is C19H18N4O. The number of benzene rings is 2. The quantitative estimate of drug-likeness (QED) is 0.512. The first-order valence-electron chi connectivity index (χ1n) is 7.90. The summed E-state index contributed by atoms with van der Waals surface area (Å²) in [7, 11) is 0. The lowest BCUT2D eigenvalue weighted by molar-refractivity contribution is 0.344. The fourth-order valence-electron chi connectivity index (χ4n) is 2.61. The third-order valence-electron chi connectivity index (χ3n) is 3.77. The van der Waals surface area contributed by atoms with E-state index in [0.29, 0.717) is 24.5 Å². The van der Waals surface area contributed by atoms with Crippen LogP contribution in [0.15, 0.2) is 53.7 Å². The van der Waals surface area contributed by atoms with Crippen LogP contribution in [0.3, 0.4) is 0 Å². The van der Waals surface area contributed by atoms with E-state index in [4.69, 9.17) is 4.74 Å². The molecule has 0 atom stereocenters. The Morgan fingerprint density at radius 1 is 1.25 bits per heavy atom. The second-order valence-electron chi connectivity index (χ2n) is 5.32. The number of aromatic nitrogens is 2. The fraction of sp³-hybridized carbons (Fsp3) is 0.211. The molecule has 24 heavy (non-hydrogen) atoms. The lowest BCUT2D eigenvalue weighted by atomic mass is 10.0. The van der Waals surface area contributed by atoms with Gasteiger partial charge in [-0.3, -0.25) is 4.68 Å². The third-order valence-corrected chi connectivity index (χ3v) is 3.77. The van der Waals surface area contributed by atoms with Gasteiger partial charge in [-0.1, -0.05) is 42.5 Å². The van der Waals surface area contributed by atoms with Gasteiger partial charge in [0.1, 0.15) is 11.6 Å². The topological polar surface area (TPSA) is 63.2 Å². The van der Waals surface area contributed by atoms with Gasteiger partial charge in [0.25, 0.3) is 0 Å². The summed E-state index contributed by atoms with van der Waals surface area (Å²) in [6.45, 7) is 3.10. The summed E-state index contributed by atoms with van der Waals surface area (Å²) >= 11 is 0. The first-order chi connectivity index (χ1) is 11.8. The molecule has 0 bridgehead atoms. The Morgan fingerprint density at radius 2 is 2.08 bits per heavy atom. The molecule has 5 nitrogen and oxygen atoms in total. The number of nitrogens with zero attached hydrogens (tertiary/aromatic N) is 4. The van der Waals surface area contributed by atoms with E-state index in [9.17, 15) is 5.26 Å². The molecule has 1 aromatic heterocycles. The average molecular weight is 318 g/mol. The third kappa shape index (κ3) is 3.44. The first kappa shape index (κ1) is 15.8. The highest BCUT2D eigenvalue weighted by Gasteiger charge is 2.08. The molecule has 0 amide bonds. The molecule has 0 saturated heterocycles. The standard InChI is InChI=1S/C19H18N4O/c1-2-24-14-21-19-17(12-20)13-23(22-19)11-10-16-8-5-7-15-6-3-4-9-18(15)16/h3-9,13-14H,2,10-11H2,1H3. The molecule has 0 N–H and O–H groups in total. The number of nitriles is 1. The Balaban J connectivity index is 1.78. The second-order valence-corrected chi connectivity index (χ2v) is 5.32. The summed E-state index contributed by atoms with van der Waals surface area (Å²) < 4.78 is 6.84. The molecule has 0 aliphatic carbocycles. The van der Waals surface area contributed by atoms with Crippen molar-refractivity contribution in [1.82, 2.24) is 9.78 Å². The predicted molar refractivity (Wildman–Crippen MR) is 94.4 cm³/mol. The zero-order valence-corrected chi connectivity index (χ0v) is 13.5. The Labute approximate surface area is 140 Å². The molecule has 5 heteroatoms. The maximum atomic E-state index is 9.20. The fourth-order valence-corrected chi connectivity index (χ4v) is 2.61. The van der Waals surface area contributed by atoms with Crippen LogP contribution in [0.4, 0.5) is 5.82 Å². The van der Waals surface area contributed by atoms with E-state index in [2.05, 4.69) is 46.5 Å². The predicted octanol–water partition coefficient (Wildman–Crippen LogP) is 3.85. The van der Waals surface area contributed by atoms with Gasteiger partial charge in [0.05, 0.1) is 6.61 Å². The summed E-state index contributed by atoms with van der Waals surface area (Å²) in [6.07, 6.45) is 3.89. The largest absolute Gasteiger partial charge is 0.483 e. The smallest absolute Gasteiger partial charge is 0.194 e. The van der Waals surface area contributed by atoms with Crippen molar-refractivity contribution in [2.45, 2.75) is 19.9 Å². The van der Waals surface area contributed by atoms with Crippen LogP contribution in [0.25, 0.3) is 10.8 Å². The average Bonchev–Trinajstić information content (AvgIpc) is 3.02. The highest BCUT2D eigenvalue weighted by atomic mass is 16.5. The number of fused-ring (bicyclic) bond motifs is 1. The maximum absolute atomic E-state index is 9.20. The minimum atomic E-state index is 0.392. The van der Waals surface area contributed by atoms with Crippen molar-refractivity contribution in [3.63, 3.8) is 0 Å². The van der Waals surface area contributed by atoms with Gasteiger partial charge in [-0.05, 0) is 29.7 Å². The molecule has 0 fully saturated rings. The summed E-state index contributed by atoms with van der Waals surface area (Å²) in [5.41, 5.74) is 1.71. The van der Waals surface area contributed by atoms with Crippen LogP contribution in [0, 0.1) is 11.3 Å². The minimum absolute atomic E-state index is 0.392. The zero-order valence-electron chi connectivity index (χ0n) is 13.5. The molecule has 0 saturated carbocycles. The van der Waals surface area contributed by atoms with Crippen LogP contribution >= 0.6 is 0 Å². The molecule has 0 spiro atoms. The summed E-state index contributed by atoms with van der Waals surface area (Å²) in [5, 5.41) is 16.0. The molecule has 0 radical (unpaired) electrons. The molecule has 3 rings (SSSR count). The number of ether oxygens (including phenoxy) is 1. The van der Waals surface area contributed by atoms with Crippen LogP contribution in [0.1, 0.15) is 18.1 Å². The van der Waals surface area contributed by atoms with Crippen molar-refractivity contribution in [2.75, 3.05) is 6.61 Å². The van der Waals surface area contributed by atoms with E-state index in [0.717, 1.165) is 6.42 Å². The van der Waals surface area contributed by atoms with Gasteiger partial charge in [0.2, 0.25) is 0 Å². The normalized spacial score (nSPS) is 11.0. The summed E-state index contributed by atoms with van der Waals surface area (Å²) in [6, 6.07) is 16.8. The molecule has 0 aliphatic rings. The van der Waals surface area contributed by atoms with Gasteiger partial charge in [-0.2, -0.15) is 15.4 Å². The Bertz CT molecular complexity index is 900. The number of hydrogen-bond acceptors (Lipinski definition) is 4. The van der Waals surface area contributed by atoms with E-state index >= 15 is 0 Å². The number of aliphatic imine (C=N–C) groups is 1. The summed E-state index contributed by atoms with van der Waals surface area (Å²) in [5.74, 6) is 0.392. The van der Waals surface area contributed by atoms with Crippen LogP contribution in [0.5, 0.6) is 0 Å². The Hall–Kier alpha value is -3.13. The van der Waals surface area contributed by atoms with Crippen molar-refractivity contribution in [1.29, 1.82) is 5.26 Å². The van der Waals surface area contributed by atoms with Gasteiger partial charge >= 0.3 is 0 Å². The highest BCUT2D eigenvalue weighted by molar-refractivity contribution is 5.85. The van der Waals surface area contributed by atoms with Crippen molar-refractivity contribution in [2.24, 2.45) is 4.99 Å². The highest BCUT2D eigenvalue weighted by Crippen LogP contribution is 2.20. The van der Waals surface area contributed by atoms with Gasteiger partial charge in [0.15, 0.2) is 12.2 Å². The minimum Gasteiger partial charge on any atom is -0.483 e.